The number of amides is 1. The van der Waals surface area contributed by atoms with E-state index < -0.39 is 11.7 Å². The average Bonchev–Trinajstić information content (AvgIpc) is 2.97. The van der Waals surface area contributed by atoms with Gasteiger partial charge < -0.3 is 10.0 Å². The van der Waals surface area contributed by atoms with E-state index in [0.29, 0.717) is 0 Å². The number of piperidine rings is 1. The van der Waals surface area contributed by atoms with Crippen LogP contribution in [0.2, 0.25) is 0 Å². The van der Waals surface area contributed by atoms with E-state index >= 15 is 0 Å². The van der Waals surface area contributed by atoms with Crippen molar-refractivity contribution >= 4 is 11.6 Å². The molecule has 0 radical (unpaired) electrons. The summed E-state index contributed by atoms with van der Waals surface area (Å²) in [7, 11) is 0. The molecule has 0 spiro atoms. The van der Waals surface area contributed by atoms with Crippen LogP contribution in [0, 0.1) is 17.8 Å². The Labute approximate surface area is 107 Å². The summed E-state index contributed by atoms with van der Waals surface area (Å²) in [4.78, 5) is 13.2. The first kappa shape index (κ1) is 12.5. The van der Waals surface area contributed by atoms with Gasteiger partial charge in [0.2, 0.25) is 5.91 Å². The van der Waals surface area contributed by atoms with Gasteiger partial charge in [-0.05, 0) is 24.0 Å². The quantitative estimate of drug-likeness (QED) is 0.892. The number of anilines is 1. The van der Waals surface area contributed by atoms with E-state index in [1.54, 1.807) is 0 Å². The Bertz CT molecular complexity index is 529. The Hall–Kier alpha value is -1.56. The highest BCUT2D eigenvalue weighted by molar-refractivity contribution is 6.01. The number of halogens is 3. The largest absolute Gasteiger partial charge is 0.418 e. The van der Waals surface area contributed by atoms with Crippen LogP contribution >= 0.6 is 0 Å². The van der Waals surface area contributed by atoms with E-state index in [4.69, 9.17) is 5.11 Å². The van der Waals surface area contributed by atoms with E-state index in [2.05, 4.69) is 0 Å². The topological polar surface area (TPSA) is 40.5 Å². The van der Waals surface area contributed by atoms with Gasteiger partial charge in [-0.2, -0.15) is 13.2 Å². The molecule has 19 heavy (non-hydrogen) atoms. The van der Waals surface area contributed by atoms with Crippen LogP contribution in [0.1, 0.15) is 5.56 Å². The highest BCUT2D eigenvalue weighted by atomic mass is 19.4. The van der Waals surface area contributed by atoms with E-state index in [1.807, 2.05) is 0 Å². The summed E-state index contributed by atoms with van der Waals surface area (Å²) < 4.78 is 38.7. The first-order valence-corrected chi connectivity index (χ1v) is 6.03. The minimum absolute atomic E-state index is 0.00112. The van der Waals surface area contributed by atoms with E-state index in [1.165, 1.54) is 23.1 Å². The zero-order valence-corrected chi connectivity index (χ0v) is 9.89. The van der Waals surface area contributed by atoms with Gasteiger partial charge in [-0.25, -0.2) is 0 Å². The number of aliphatic hydroxyl groups excluding tert-OH is 1. The van der Waals surface area contributed by atoms with E-state index in [0.717, 1.165) is 6.07 Å². The number of aliphatic hydroxyl groups is 1. The molecule has 3 nitrogen and oxygen atoms in total. The van der Waals surface area contributed by atoms with E-state index in [9.17, 15) is 18.0 Å². The normalized spacial score (nSPS) is 29.6. The molecule has 6 heteroatoms. The summed E-state index contributed by atoms with van der Waals surface area (Å²) in [5.74, 6) is -0.673. The third kappa shape index (κ3) is 1.82. The van der Waals surface area contributed by atoms with Gasteiger partial charge in [-0.1, -0.05) is 12.1 Å². The van der Waals surface area contributed by atoms with Crippen molar-refractivity contribution in [2.45, 2.75) is 6.18 Å². The fourth-order valence-electron chi connectivity index (χ4n) is 2.96. The Morgan fingerprint density at radius 2 is 2.00 bits per heavy atom. The number of hydrogen-bond acceptors (Lipinski definition) is 2. The lowest BCUT2D eigenvalue weighted by Crippen LogP contribution is -2.32. The molecule has 1 aromatic carbocycles. The van der Waals surface area contributed by atoms with Crippen molar-refractivity contribution in [1.29, 1.82) is 0 Å². The van der Waals surface area contributed by atoms with Crippen LogP contribution in [-0.4, -0.2) is 24.2 Å². The Morgan fingerprint density at radius 1 is 1.32 bits per heavy atom. The number of para-hydroxylation sites is 1. The molecule has 1 saturated carbocycles. The fraction of sp³-hybridized carbons (Fsp3) is 0.462. The molecular weight excluding hydrogens is 259 g/mol. The predicted octanol–water partition coefficient (Wildman–Crippen LogP) is 1.91. The van der Waals surface area contributed by atoms with Crippen molar-refractivity contribution in [3.05, 3.63) is 29.8 Å². The number of rotatable bonds is 2. The van der Waals surface area contributed by atoms with Gasteiger partial charge in [-0.3, -0.25) is 4.79 Å². The zero-order valence-electron chi connectivity index (χ0n) is 9.89. The lowest BCUT2D eigenvalue weighted by Gasteiger charge is -2.23. The maximum atomic E-state index is 12.9. The zero-order chi connectivity index (χ0) is 13.8. The average molecular weight is 271 g/mol. The van der Waals surface area contributed by atoms with Crippen molar-refractivity contribution in [1.82, 2.24) is 0 Å². The van der Waals surface area contributed by atoms with Crippen LogP contribution in [0.4, 0.5) is 18.9 Å². The number of nitrogens with zero attached hydrogens (tertiary/aromatic N) is 1. The van der Waals surface area contributed by atoms with Gasteiger partial charge in [-0.15, -0.1) is 0 Å². The maximum Gasteiger partial charge on any atom is 0.418 e. The van der Waals surface area contributed by atoms with Gasteiger partial charge in [0.25, 0.3) is 0 Å². The lowest BCUT2D eigenvalue weighted by atomic mass is 10.1. The second-order valence-electron chi connectivity index (χ2n) is 5.00. The number of fused-ring (bicyclic) bond motifs is 1. The van der Waals surface area contributed by atoms with Gasteiger partial charge in [0, 0.05) is 19.1 Å². The number of carbonyl (C=O) groups is 1. The van der Waals surface area contributed by atoms with Crippen molar-refractivity contribution in [2.24, 2.45) is 17.8 Å². The number of carbonyl (C=O) groups excluding carboxylic acids is 1. The molecule has 1 aromatic rings. The summed E-state index contributed by atoms with van der Waals surface area (Å²) in [6, 6.07) is 5.10. The summed E-state index contributed by atoms with van der Waals surface area (Å²) in [5, 5.41) is 9.02. The highest BCUT2D eigenvalue weighted by Gasteiger charge is 2.61. The molecule has 2 aliphatic rings. The molecule has 3 atom stereocenters. The third-order valence-corrected chi connectivity index (χ3v) is 3.99. The van der Waals surface area contributed by atoms with Gasteiger partial charge >= 0.3 is 6.18 Å². The molecule has 1 saturated heterocycles. The number of alkyl halides is 3. The maximum absolute atomic E-state index is 12.9. The molecular formula is C13H12F3NO2. The minimum atomic E-state index is -4.47. The molecule has 1 heterocycles. The van der Waals surface area contributed by atoms with Crippen LogP contribution in [-0.2, 0) is 11.0 Å². The number of hydrogen-bond donors (Lipinski definition) is 1. The molecule has 1 aliphatic heterocycles. The summed E-state index contributed by atoms with van der Waals surface area (Å²) in [6.07, 6.45) is -4.47. The molecule has 102 valence electrons. The summed E-state index contributed by atoms with van der Waals surface area (Å²) >= 11 is 0. The lowest BCUT2D eigenvalue weighted by molar-refractivity contribution is -0.137. The molecule has 1 N–H and O–H groups in total. The molecule has 3 unspecified atom stereocenters. The molecule has 0 bridgehead atoms. The second kappa shape index (κ2) is 3.96. The molecule has 1 amide bonds. The second-order valence-corrected chi connectivity index (χ2v) is 5.00. The molecule has 3 rings (SSSR count). The van der Waals surface area contributed by atoms with Crippen LogP contribution in [0.15, 0.2) is 24.3 Å². The van der Waals surface area contributed by atoms with Crippen molar-refractivity contribution in [3.63, 3.8) is 0 Å². The van der Waals surface area contributed by atoms with Gasteiger partial charge in [0.05, 0.1) is 11.3 Å². The Balaban J connectivity index is 1.92. The van der Waals surface area contributed by atoms with Crippen LogP contribution in [0.3, 0.4) is 0 Å². The molecule has 1 aliphatic carbocycles. The Kier molecular flexibility index (Phi) is 2.60. The predicted molar refractivity (Wildman–Crippen MR) is 61.4 cm³/mol. The third-order valence-electron chi connectivity index (χ3n) is 3.99. The summed E-state index contributed by atoms with van der Waals surface area (Å²) in [5.41, 5.74) is -0.867. The van der Waals surface area contributed by atoms with Crippen molar-refractivity contribution in [3.8, 4) is 0 Å². The smallest absolute Gasteiger partial charge is 0.396 e. The van der Waals surface area contributed by atoms with Crippen LogP contribution in [0.25, 0.3) is 0 Å². The van der Waals surface area contributed by atoms with Gasteiger partial charge in [0.15, 0.2) is 0 Å². The molecule has 2 fully saturated rings. The van der Waals surface area contributed by atoms with E-state index in [-0.39, 0.29) is 42.5 Å². The standard InChI is InChI=1S/C13H12F3NO2/c14-13(15,16)9-3-1-2-4-10(9)17-5-7-8(6-18)11(7)12(17)19/h1-4,7-8,11,18H,5-6H2. The van der Waals surface area contributed by atoms with Crippen LogP contribution < -0.4 is 4.90 Å². The Morgan fingerprint density at radius 3 is 2.53 bits per heavy atom. The number of benzene rings is 1. The highest BCUT2D eigenvalue weighted by Crippen LogP contribution is 2.54. The van der Waals surface area contributed by atoms with Crippen LogP contribution in [0.5, 0.6) is 0 Å². The monoisotopic (exact) mass is 271 g/mol. The first-order chi connectivity index (χ1) is 8.95. The molecule has 0 aromatic heterocycles. The first-order valence-electron chi connectivity index (χ1n) is 6.03. The van der Waals surface area contributed by atoms with Crippen molar-refractivity contribution in [2.75, 3.05) is 18.1 Å². The minimum Gasteiger partial charge on any atom is -0.396 e. The summed E-state index contributed by atoms with van der Waals surface area (Å²) in [6.45, 7) is 0.192. The fourth-order valence-corrected chi connectivity index (χ4v) is 2.96. The SMILES string of the molecule is O=C1C2C(CO)C2CN1c1ccccc1C(F)(F)F. The van der Waals surface area contributed by atoms with Gasteiger partial charge in [0.1, 0.15) is 0 Å². The van der Waals surface area contributed by atoms with Crippen molar-refractivity contribution < 1.29 is 23.1 Å².